The number of amides is 1. The molecule has 0 aromatic heterocycles. The van der Waals surface area contributed by atoms with Gasteiger partial charge in [-0.1, -0.05) is 19.1 Å². The Morgan fingerprint density at radius 1 is 1.33 bits per heavy atom. The number of hydrogen-bond donors (Lipinski definition) is 2. The predicted octanol–water partition coefficient (Wildman–Crippen LogP) is 0.210. The Morgan fingerprint density at radius 2 is 2.00 bits per heavy atom. The lowest BCUT2D eigenvalue weighted by Crippen LogP contribution is -2.48. The summed E-state index contributed by atoms with van der Waals surface area (Å²) in [4.78, 5) is 12.1. The van der Waals surface area contributed by atoms with Gasteiger partial charge in [-0.15, -0.1) is 0 Å². The van der Waals surface area contributed by atoms with Crippen molar-refractivity contribution in [1.82, 2.24) is 9.62 Å². The normalized spacial score (nSPS) is 27.9. The third kappa shape index (κ3) is 4.28. The number of sulfonamides is 1. The van der Waals surface area contributed by atoms with Crippen LogP contribution in [0.1, 0.15) is 32.6 Å². The Labute approximate surface area is 126 Å². The summed E-state index contributed by atoms with van der Waals surface area (Å²) in [6, 6.07) is 0.0394. The zero-order valence-electron chi connectivity index (χ0n) is 12.5. The van der Waals surface area contributed by atoms with E-state index in [0.717, 1.165) is 0 Å². The Hall–Kier alpha value is -0.920. The third-order valence-corrected chi connectivity index (χ3v) is 6.19. The van der Waals surface area contributed by atoms with Crippen LogP contribution in [0.25, 0.3) is 0 Å². The van der Waals surface area contributed by atoms with Crippen molar-refractivity contribution in [2.24, 2.45) is 11.7 Å². The van der Waals surface area contributed by atoms with Crippen molar-refractivity contribution in [2.75, 3.05) is 18.8 Å². The van der Waals surface area contributed by atoms with Crippen LogP contribution in [0.2, 0.25) is 0 Å². The number of rotatable bonds is 5. The molecule has 0 aromatic rings. The van der Waals surface area contributed by atoms with Crippen LogP contribution in [0.4, 0.5) is 0 Å². The quantitative estimate of drug-likeness (QED) is 0.709. The highest BCUT2D eigenvalue weighted by Crippen LogP contribution is 2.19. The van der Waals surface area contributed by atoms with Crippen molar-refractivity contribution >= 4 is 15.9 Å². The van der Waals surface area contributed by atoms with E-state index in [2.05, 4.69) is 5.32 Å². The Bertz CT molecular complexity index is 496. The van der Waals surface area contributed by atoms with Crippen LogP contribution < -0.4 is 11.1 Å². The van der Waals surface area contributed by atoms with Crippen LogP contribution in [0.15, 0.2) is 12.2 Å². The molecule has 0 aromatic carbocycles. The summed E-state index contributed by atoms with van der Waals surface area (Å²) in [6.07, 6.45) is 6.38. The molecule has 1 aliphatic heterocycles. The fraction of sp³-hybridized carbons (Fsp3) is 0.786. The van der Waals surface area contributed by atoms with E-state index >= 15 is 0 Å². The van der Waals surface area contributed by atoms with Gasteiger partial charge in [0.05, 0.1) is 11.7 Å². The van der Waals surface area contributed by atoms with E-state index in [1.165, 1.54) is 0 Å². The standard InChI is InChI=1S/C14H25N3O3S/c1-2-9-21(19,20)17-7-5-13(6-8-17)16-14(18)11-3-4-12(15)10-11/h3-4,11-13H,2,5-10,15H2,1H3,(H,16,18). The summed E-state index contributed by atoms with van der Waals surface area (Å²) in [7, 11) is -3.12. The Balaban J connectivity index is 1.79. The minimum absolute atomic E-state index is 0.00839. The van der Waals surface area contributed by atoms with Gasteiger partial charge in [-0.3, -0.25) is 4.79 Å². The van der Waals surface area contributed by atoms with Gasteiger partial charge in [0.2, 0.25) is 15.9 Å². The highest BCUT2D eigenvalue weighted by Gasteiger charge is 2.30. The molecule has 2 unspecified atom stereocenters. The first-order chi connectivity index (χ1) is 9.92. The molecule has 0 bridgehead atoms. The van der Waals surface area contributed by atoms with Crippen LogP contribution in [-0.2, 0) is 14.8 Å². The monoisotopic (exact) mass is 315 g/mol. The van der Waals surface area contributed by atoms with Crippen LogP contribution in [-0.4, -0.2) is 49.6 Å². The molecule has 1 amide bonds. The highest BCUT2D eigenvalue weighted by atomic mass is 32.2. The van der Waals surface area contributed by atoms with Gasteiger partial charge in [-0.2, -0.15) is 0 Å². The van der Waals surface area contributed by atoms with Crippen molar-refractivity contribution in [3.05, 3.63) is 12.2 Å². The number of piperidine rings is 1. The molecule has 2 aliphatic rings. The van der Waals surface area contributed by atoms with Gasteiger partial charge in [0, 0.05) is 25.2 Å². The lowest BCUT2D eigenvalue weighted by atomic mass is 10.0. The number of nitrogens with zero attached hydrogens (tertiary/aromatic N) is 1. The van der Waals surface area contributed by atoms with E-state index in [9.17, 15) is 13.2 Å². The van der Waals surface area contributed by atoms with Crippen molar-refractivity contribution in [3.63, 3.8) is 0 Å². The van der Waals surface area contributed by atoms with Gasteiger partial charge < -0.3 is 11.1 Å². The van der Waals surface area contributed by atoms with Gasteiger partial charge in [-0.05, 0) is 25.7 Å². The average molecular weight is 315 g/mol. The van der Waals surface area contributed by atoms with Crippen LogP contribution in [0, 0.1) is 5.92 Å². The summed E-state index contributed by atoms with van der Waals surface area (Å²) in [5.41, 5.74) is 5.75. The number of hydrogen-bond acceptors (Lipinski definition) is 4. The van der Waals surface area contributed by atoms with Gasteiger partial charge >= 0.3 is 0 Å². The first kappa shape index (κ1) is 16.5. The van der Waals surface area contributed by atoms with Crippen molar-refractivity contribution in [2.45, 2.75) is 44.7 Å². The molecule has 7 heteroatoms. The molecule has 1 heterocycles. The van der Waals surface area contributed by atoms with Crippen LogP contribution in [0.5, 0.6) is 0 Å². The maximum absolute atomic E-state index is 12.1. The second-order valence-electron chi connectivity index (χ2n) is 5.89. The van der Waals surface area contributed by atoms with E-state index in [-0.39, 0.29) is 29.7 Å². The Kier molecular flexibility index (Phi) is 5.40. The smallest absolute Gasteiger partial charge is 0.227 e. The zero-order chi connectivity index (χ0) is 15.5. The predicted molar refractivity (Wildman–Crippen MR) is 82.0 cm³/mol. The molecule has 0 spiro atoms. The topological polar surface area (TPSA) is 92.5 Å². The molecule has 21 heavy (non-hydrogen) atoms. The molecule has 120 valence electrons. The third-order valence-electron chi connectivity index (χ3n) is 4.11. The molecule has 0 saturated carbocycles. The number of carbonyl (C=O) groups is 1. The number of nitrogens with two attached hydrogens (primary N) is 1. The fourth-order valence-corrected chi connectivity index (χ4v) is 4.44. The molecular weight excluding hydrogens is 290 g/mol. The van der Waals surface area contributed by atoms with Gasteiger partial charge in [-0.25, -0.2) is 12.7 Å². The lowest BCUT2D eigenvalue weighted by Gasteiger charge is -2.32. The first-order valence-corrected chi connectivity index (χ1v) is 9.25. The summed E-state index contributed by atoms with van der Waals surface area (Å²) in [6.45, 7) is 2.85. The van der Waals surface area contributed by atoms with Crippen LogP contribution >= 0.6 is 0 Å². The van der Waals surface area contributed by atoms with E-state index in [1.807, 2.05) is 19.1 Å². The lowest BCUT2D eigenvalue weighted by molar-refractivity contribution is -0.124. The van der Waals surface area contributed by atoms with Gasteiger partial charge in [0.15, 0.2) is 0 Å². The zero-order valence-corrected chi connectivity index (χ0v) is 13.3. The molecule has 6 nitrogen and oxygen atoms in total. The number of carbonyl (C=O) groups excluding carboxylic acids is 1. The van der Waals surface area contributed by atoms with Gasteiger partial charge in [0.1, 0.15) is 0 Å². The molecule has 2 atom stereocenters. The summed E-state index contributed by atoms with van der Waals surface area (Å²) in [5.74, 6) is 0.0744. The average Bonchev–Trinajstić information content (AvgIpc) is 2.86. The molecule has 2 rings (SSSR count). The van der Waals surface area contributed by atoms with Crippen molar-refractivity contribution < 1.29 is 13.2 Å². The summed E-state index contributed by atoms with van der Waals surface area (Å²) in [5, 5.41) is 3.02. The minimum Gasteiger partial charge on any atom is -0.353 e. The molecule has 1 saturated heterocycles. The second kappa shape index (κ2) is 6.89. The summed E-state index contributed by atoms with van der Waals surface area (Å²) >= 11 is 0. The minimum atomic E-state index is -3.12. The van der Waals surface area contributed by atoms with Gasteiger partial charge in [0.25, 0.3) is 0 Å². The first-order valence-electron chi connectivity index (χ1n) is 7.64. The van der Waals surface area contributed by atoms with Crippen molar-refractivity contribution in [1.29, 1.82) is 0 Å². The largest absolute Gasteiger partial charge is 0.353 e. The SMILES string of the molecule is CCCS(=O)(=O)N1CCC(NC(=O)C2C=CC(N)C2)CC1. The summed E-state index contributed by atoms with van der Waals surface area (Å²) < 4.78 is 25.5. The highest BCUT2D eigenvalue weighted by molar-refractivity contribution is 7.89. The molecule has 1 aliphatic carbocycles. The molecular formula is C14H25N3O3S. The second-order valence-corrected chi connectivity index (χ2v) is 7.98. The Morgan fingerprint density at radius 3 is 2.52 bits per heavy atom. The maximum Gasteiger partial charge on any atom is 0.227 e. The van der Waals surface area contributed by atoms with E-state index in [4.69, 9.17) is 5.73 Å². The maximum atomic E-state index is 12.1. The molecule has 0 radical (unpaired) electrons. The van der Waals surface area contributed by atoms with E-state index in [1.54, 1.807) is 4.31 Å². The van der Waals surface area contributed by atoms with Crippen LogP contribution in [0.3, 0.4) is 0 Å². The van der Waals surface area contributed by atoms with E-state index < -0.39 is 10.0 Å². The fourth-order valence-electron chi connectivity index (χ4n) is 2.90. The molecule has 1 fully saturated rings. The number of nitrogens with one attached hydrogen (secondary N) is 1. The molecule has 3 N–H and O–H groups in total. The van der Waals surface area contributed by atoms with E-state index in [0.29, 0.717) is 38.8 Å². The van der Waals surface area contributed by atoms with Crippen molar-refractivity contribution in [3.8, 4) is 0 Å².